The van der Waals surface area contributed by atoms with Gasteiger partial charge in [-0.15, -0.1) is 24.0 Å². The Hall–Kier alpha value is -1.09. The molecule has 0 saturated carbocycles. The fourth-order valence-electron chi connectivity index (χ4n) is 2.67. The lowest BCUT2D eigenvalue weighted by atomic mass is 10.2. The lowest BCUT2D eigenvalue weighted by Crippen LogP contribution is -2.40. The quantitative estimate of drug-likeness (QED) is 0.222. The van der Waals surface area contributed by atoms with E-state index in [0.717, 1.165) is 37.8 Å². The lowest BCUT2D eigenvalue weighted by molar-refractivity contribution is 0.174. The first kappa shape index (κ1) is 24.9. The van der Waals surface area contributed by atoms with E-state index in [-0.39, 0.29) is 24.0 Å². The van der Waals surface area contributed by atoms with Crippen LogP contribution in [0.4, 0.5) is 0 Å². The third-order valence-electron chi connectivity index (χ3n) is 3.81. The van der Waals surface area contributed by atoms with E-state index in [9.17, 15) is 0 Å². The number of pyridine rings is 1. The van der Waals surface area contributed by atoms with Gasteiger partial charge in [0.2, 0.25) is 0 Å². The Morgan fingerprint density at radius 1 is 1.23 bits per heavy atom. The molecule has 0 aliphatic rings. The fourth-order valence-corrected chi connectivity index (χ4v) is 2.67. The van der Waals surface area contributed by atoms with E-state index in [2.05, 4.69) is 60.1 Å². The molecule has 0 aliphatic heterocycles. The number of hydrogen-bond acceptors (Lipinski definition) is 4. The van der Waals surface area contributed by atoms with Crippen LogP contribution in [0, 0.1) is 0 Å². The van der Waals surface area contributed by atoms with E-state index < -0.39 is 0 Å². The van der Waals surface area contributed by atoms with Crippen LogP contribution in [0.15, 0.2) is 29.5 Å². The van der Waals surface area contributed by atoms with Crippen molar-refractivity contribution in [3.8, 4) is 5.75 Å². The average Bonchev–Trinajstić information content (AvgIpc) is 2.58. The van der Waals surface area contributed by atoms with Gasteiger partial charge in [0.25, 0.3) is 0 Å². The molecule has 7 heteroatoms. The summed E-state index contributed by atoms with van der Waals surface area (Å²) in [5.74, 6) is 1.63. The Kier molecular flexibility index (Phi) is 14.4. The van der Waals surface area contributed by atoms with E-state index >= 15 is 0 Å². The number of ether oxygens (including phenoxy) is 1. The van der Waals surface area contributed by atoms with Crippen molar-refractivity contribution in [1.29, 1.82) is 0 Å². The second-order valence-electron chi connectivity index (χ2n) is 6.50. The van der Waals surface area contributed by atoms with Crippen LogP contribution in [0.25, 0.3) is 0 Å². The molecule has 1 aromatic rings. The summed E-state index contributed by atoms with van der Waals surface area (Å²) < 4.78 is 5.63. The second-order valence-corrected chi connectivity index (χ2v) is 6.50. The van der Waals surface area contributed by atoms with Crippen LogP contribution in [0.2, 0.25) is 0 Å². The molecule has 0 unspecified atom stereocenters. The van der Waals surface area contributed by atoms with Crippen molar-refractivity contribution in [3.63, 3.8) is 0 Å². The molecule has 1 rings (SSSR count). The van der Waals surface area contributed by atoms with Gasteiger partial charge in [-0.2, -0.15) is 0 Å². The highest BCUT2D eigenvalue weighted by Gasteiger charge is 2.12. The lowest BCUT2D eigenvalue weighted by Gasteiger charge is -2.30. The maximum absolute atomic E-state index is 5.63. The molecule has 0 saturated heterocycles. The van der Waals surface area contributed by atoms with E-state index in [1.807, 2.05) is 12.1 Å². The van der Waals surface area contributed by atoms with Gasteiger partial charge < -0.3 is 15.4 Å². The van der Waals surface area contributed by atoms with Crippen molar-refractivity contribution in [1.82, 2.24) is 20.5 Å². The van der Waals surface area contributed by atoms with Gasteiger partial charge in [0.15, 0.2) is 5.96 Å². The Labute approximate surface area is 176 Å². The van der Waals surface area contributed by atoms with E-state index in [4.69, 9.17) is 4.74 Å². The topological polar surface area (TPSA) is 61.8 Å². The van der Waals surface area contributed by atoms with Gasteiger partial charge in [-0.1, -0.05) is 0 Å². The second kappa shape index (κ2) is 15.0. The van der Waals surface area contributed by atoms with Crippen LogP contribution in [0.5, 0.6) is 5.75 Å². The summed E-state index contributed by atoms with van der Waals surface area (Å²) in [7, 11) is 0. The Bertz CT molecular complexity index is 474. The highest BCUT2D eigenvalue weighted by Crippen LogP contribution is 2.06. The normalized spacial score (nSPS) is 11.6. The van der Waals surface area contributed by atoms with Gasteiger partial charge in [0, 0.05) is 37.9 Å². The van der Waals surface area contributed by atoms with Gasteiger partial charge in [-0.05, 0) is 53.2 Å². The van der Waals surface area contributed by atoms with E-state index in [0.29, 0.717) is 25.2 Å². The minimum absolute atomic E-state index is 0. The predicted octanol–water partition coefficient (Wildman–Crippen LogP) is 3.14. The fraction of sp³-hybridized carbons (Fsp3) is 0.684. The smallest absolute Gasteiger partial charge is 0.191 e. The first-order valence-electron chi connectivity index (χ1n) is 9.35. The van der Waals surface area contributed by atoms with Gasteiger partial charge in [0.1, 0.15) is 12.4 Å². The zero-order valence-electron chi connectivity index (χ0n) is 16.9. The van der Waals surface area contributed by atoms with Crippen molar-refractivity contribution in [2.75, 3.05) is 32.8 Å². The van der Waals surface area contributed by atoms with Crippen LogP contribution >= 0.6 is 24.0 Å². The number of nitrogens with zero attached hydrogens (tertiary/aromatic N) is 3. The van der Waals surface area contributed by atoms with Crippen LogP contribution in [-0.4, -0.2) is 60.7 Å². The molecule has 0 spiro atoms. The number of aromatic nitrogens is 1. The average molecular weight is 477 g/mol. The molecule has 0 bridgehead atoms. The molecule has 0 aliphatic carbocycles. The zero-order valence-corrected chi connectivity index (χ0v) is 19.2. The number of rotatable bonds is 11. The predicted molar refractivity (Wildman–Crippen MR) is 121 cm³/mol. The summed E-state index contributed by atoms with van der Waals surface area (Å²) in [6.45, 7) is 15.1. The largest absolute Gasteiger partial charge is 0.490 e. The minimum Gasteiger partial charge on any atom is -0.490 e. The van der Waals surface area contributed by atoms with Crippen LogP contribution < -0.4 is 15.4 Å². The first-order chi connectivity index (χ1) is 12.0. The van der Waals surface area contributed by atoms with Gasteiger partial charge in [-0.3, -0.25) is 14.9 Å². The molecule has 0 radical (unpaired) electrons. The third kappa shape index (κ3) is 10.8. The number of aliphatic imine (C=N–C) groups is 1. The molecular formula is C19H36IN5O. The van der Waals surface area contributed by atoms with Crippen molar-refractivity contribution in [2.45, 2.75) is 53.1 Å². The molecule has 150 valence electrons. The molecule has 1 heterocycles. The van der Waals surface area contributed by atoms with E-state index in [1.54, 1.807) is 12.4 Å². The maximum atomic E-state index is 5.63. The molecule has 6 nitrogen and oxygen atoms in total. The summed E-state index contributed by atoms with van der Waals surface area (Å²) in [6.07, 6.45) is 4.51. The molecule has 1 aromatic heterocycles. The summed E-state index contributed by atoms with van der Waals surface area (Å²) in [5.41, 5.74) is 0. The van der Waals surface area contributed by atoms with Crippen molar-refractivity contribution in [3.05, 3.63) is 24.5 Å². The Morgan fingerprint density at radius 3 is 2.54 bits per heavy atom. The maximum Gasteiger partial charge on any atom is 0.191 e. The molecule has 2 N–H and O–H groups in total. The number of halogens is 1. The summed E-state index contributed by atoms with van der Waals surface area (Å²) in [6, 6.07) is 4.91. The van der Waals surface area contributed by atoms with Crippen molar-refractivity contribution >= 4 is 29.9 Å². The van der Waals surface area contributed by atoms with Crippen LogP contribution in [0.3, 0.4) is 0 Å². The summed E-state index contributed by atoms with van der Waals surface area (Å²) in [5, 5.41) is 6.58. The highest BCUT2D eigenvalue weighted by molar-refractivity contribution is 14.0. The molecular weight excluding hydrogens is 441 g/mol. The number of hydrogen-bond donors (Lipinski definition) is 2. The Morgan fingerprint density at radius 2 is 1.96 bits per heavy atom. The van der Waals surface area contributed by atoms with Gasteiger partial charge in [0.05, 0.1) is 12.7 Å². The minimum atomic E-state index is 0. The SMILES string of the molecule is CCNC(=NCCCN(C(C)C)C(C)C)NCCOc1cccnc1.I. The first-order valence-corrected chi connectivity index (χ1v) is 9.35. The Balaban J connectivity index is 0.00000625. The summed E-state index contributed by atoms with van der Waals surface area (Å²) in [4.78, 5) is 11.2. The van der Waals surface area contributed by atoms with Crippen LogP contribution in [-0.2, 0) is 0 Å². The van der Waals surface area contributed by atoms with Crippen molar-refractivity contribution < 1.29 is 4.74 Å². The summed E-state index contributed by atoms with van der Waals surface area (Å²) >= 11 is 0. The molecule has 0 amide bonds. The number of guanidine groups is 1. The third-order valence-corrected chi connectivity index (χ3v) is 3.81. The van der Waals surface area contributed by atoms with Crippen molar-refractivity contribution in [2.24, 2.45) is 4.99 Å². The van der Waals surface area contributed by atoms with Gasteiger partial charge >= 0.3 is 0 Å². The van der Waals surface area contributed by atoms with Crippen LogP contribution in [0.1, 0.15) is 41.0 Å². The molecule has 0 atom stereocenters. The molecule has 0 aromatic carbocycles. The molecule has 26 heavy (non-hydrogen) atoms. The zero-order chi connectivity index (χ0) is 18.5. The molecule has 0 fully saturated rings. The monoisotopic (exact) mass is 477 g/mol. The van der Waals surface area contributed by atoms with E-state index in [1.165, 1.54) is 0 Å². The standard InChI is InChI=1S/C19H35N5O.HI/c1-6-21-19(22-11-8-13-24(16(2)3)17(4)5)23-12-14-25-18-9-7-10-20-15-18;/h7,9-10,15-17H,6,8,11-14H2,1-5H3,(H2,21,22,23);1H. The number of nitrogens with one attached hydrogen (secondary N) is 2. The van der Waals surface area contributed by atoms with Gasteiger partial charge in [-0.25, -0.2) is 0 Å². The highest BCUT2D eigenvalue weighted by atomic mass is 127.